The number of benzene rings is 2. The van der Waals surface area contributed by atoms with Crippen LogP contribution in [0.2, 0.25) is 5.02 Å². The second-order valence-corrected chi connectivity index (χ2v) is 9.46. The summed E-state index contributed by atoms with van der Waals surface area (Å²) in [5.41, 5.74) is 0.853. The topological polar surface area (TPSA) is 32.3 Å². The summed E-state index contributed by atoms with van der Waals surface area (Å²) in [6.45, 7) is 5.62. The second-order valence-electron chi connectivity index (χ2n) is 9.03. The number of hydrogen-bond donors (Lipinski definition) is 1. The molecule has 0 radical (unpaired) electrons. The van der Waals surface area contributed by atoms with Crippen LogP contribution in [0.3, 0.4) is 0 Å². The van der Waals surface area contributed by atoms with Crippen LogP contribution >= 0.6 is 11.6 Å². The minimum atomic E-state index is -0.848. The minimum absolute atomic E-state index is 0.283. The lowest BCUT2D eigenvalue weighted by molar-refractivity contribution is 0.0976. The summed E-state index contributed by atoms with van der Waals surface area (Å²) in [5.74, 6) is -1.28. The molecule has 0 aromatic heterocycles. The van der Waals surface area contributed by atoms with Crippen LogP contribution in [0.1, 0.15) is 68.3 Å². The molecule has 1 fully saturated rings. The molecule has 1 unspecified atom stereocenters. The highest BCUT2D eigenvalue weighted by Gasteiger charge is 2.44. The Morgan fingerprint density at radius 1 is 1.22 bits per heavy atom. The van der Waals surface area contributed by atoms with Crippen LogP contribution in [0.25, 0.3) is 0 Å². The lowest BCUT2D eigenvalue weighted by Gasteiger charge is -2.29. The Kier molecular flexibility index (Phi) is 8.29. The third-order valence-electron chi connectivity index (χ3n) is 6.86. The maximum absolute atomic E-state index is 14.2. The summed E-state index contributed by atoms with van der Waals surface area (Å²) in [6.07, 6.45) is 7.03. The van der Waals surface area contributed by atoms with Crippen LogP contribution in [0.4, 0.5) is 14.5 Å². The Morgan fingerprint density at radius 2 is 1.88 bits per heavy atom. The third-order valence-corrected chi connectivity index (χ3v) is 7.09. The number of amides is 1. The number of nitrogens with zero attached hydrogens (tertiary/aromatic N) is 1. The minimum Gasteiger partial charge on any atom is -0.320 e. The van der Waals surface area contributed by atoms with Crippen LogP contribution in [-0.2, 0) is 5.41 Å². The van der Waals surface area contributed by atoms with E-state index in [1.54, 1.807) is 12.1 Å². The molecule has 32 heavy (non-hydrogen) atoms. The summed E-state index contributed by atoms with van der Waals surface area (Å²) >= 11 is 6.23. The van der Waals surface area contributed by atoms with Crippen LogP contribution in [0, 0.1) is 17.6 Å². The third kappa shape index (κ3) is 5.15. The zero-order chi connectivity index (χ0) is 23.3. The Hall–Kier alpha value is -1.98. The molecule has 1 atom stereocenters. The van der Waals surface area contributed by atoms with Gasteiger partial charge in [-0.05, 0) is 74.7 Å². The molecule has 1 aliphatic heterocycles. The van der Waals surface area contributed by atoms with Crippen molar-refractivity contribution in [3.63, 3.8) is 0 Å². The van der Waals surface area contributed by atoms with Crippen molar-refractivity contribution >= 4 is 23.2 Å². The highest BCUT2D eigenvalue weighted by molar-refractivity contribution is 6.30. The summed E-state index contributed by atoms with van der Waals surface area (Å²) in [5, 5.41) is 3.73. The first kappa shape index (κ1) is 24.7. The number of carbonyl (C=O) groups is 1. The van der Waals surface area contributed by atoms with Crippen molar-refractivity contribution < 1.29 is 13.6 Å². The maximum Gasteiger partial charge on any atom is 0.264 e. The predicted molar refractivity (Wildman–Crippen MR) is 128 cm³/mol. The van der Waals surface area contributed by atoms with Crippen LogP contribution in [0.5, 0.6) is 0 Å². The second kappa shape index (κ2) is 10.8. The lowest BCUT2D eigenvalue weighted by Crippen LogP contribution is -2.38. The predicted octanol–water partition coefficient (Wildman–Crippen LogP) is 6.73. The molecule has 3 nitrogen and oxygen atoms in total. The normalized spacial score (nSPS) is 19.8. The van der Waals surface area contributed by atoms with E-state index in [4.69, 9.17) is 11.6 Å². The number of anilines is 1. The van der Waals surface area contributed by atoms with Gasteiger partial charge in [0, 0.05) is 22.7 Å². The van der Waals surface area contributed by atoms with Gasteiger partial charge in [0.15, 0.2) is 0 Å². The molecule has 1 heterocycles. The van der Waals surface area contributed by atoms with Gasteiger partial charge >= 0.3 is 0 Å². The van der Waals surface area contributed by atoms with Gasteiger partial charge in [0.25, 0.3) is 5.91 Å². The van der Waals surface area contributed by atoms with Gasteiger partial charge in [-0.2, -0.15) is 0 Å². The molecule has 1 aliphatic carbocycles. The summed E-state index contributed by atoms with van der Waals surface area (Å²) in [6, 6.07) is 8.82. The van der Waals surface area contributed by atoms with Crippen LogP contribution in [-0.4, -0.2) is 26.0 Å². The number of hydrogen-bond acceptors (Lipinski definition) is 2. The van der Waals surface area contributed by atoms with Crippen molar-refractivity contribution in [1.82, 2.24) is 5.32 Å². The molecule has 2 aromatic carbocycles. The summed E-state index contributed by atoms with van der Waals surface area (Å²) < 4.78 is 28.4. The quantitative estimate of drug-likeness (QED) is 0.482. The first-order valence-corrected chi connectivity index (χ1v) is 11.9. The maximum atomic E-state index is 14.2. The van der Waals surface area contributed by atoms with Gasteiger partial charge in [0.05, 0.1) is 0 Å². The fourth-order valence-corrected chi connectivity index (χ4v) is 4.74. The van der Waals surface area contributed by atoms with Gasteiger partial charge in [0.1, 0.15) is 17.2 Å². The van der Waals surface area contributed by atoms with E-state index in [-0.39, 0.29) is 5.41 Å². The first-order chi connectivity index (χ1) is 15.3. The number of halogens is 3. The van der Waals surface area contributed by atoms with Crippen molar-refractivity contribution in [2.45, 2.75) is 57.8 Å². The fourth-order valence-electron chi connectivity index (χ4n) is 4.57. The van der Waals surface area contributed by atoms with Crippen molar-refractivity contribution in [3.8, 4) is 0 Å². The van der Waals surface area contributed by atoms with E-state index < -0.39 is 23.1 Å². The van der Waals surface area contributed by atoms with E-state index in [9.17, 15) is 13.6 Å². The number of fused-ring (bicyclic) bond motifs is 1. The Morgan fingerprint density at radius 3 is 2.41 bits per heavy atom. The zero-order valence-corrected chi connectivity index (χ0v) is 19.9. The van der Waals surface area contributed by atoms with Gasteiger partial charge in [0.2, 0.25) is 0 Å². The molecule has 1 N–H and O–H groups in total. The molecule has 174 valence electrons. The van der Waals surface area contributed by atoms with E-state index in [2.05, 4.69) is 19.2 Å². The van der Waals surface area contributed by atoms with Gasteiger partial charge in [-0.15, -0.1) is 0 Å². The van der Waals surface area contributed by atoms with E-state index >= 15 is 0 Å². The van der Waals surface area contributed by atoms with Crippen LogP contribution in [0.15, 0.2) is 36.4 Å². The van der Waals surface area contributed by atoms with Gasteiger partial charge < -0.3 is 10.2 Å². The smallest absolute Gasteiger partial charge is 0.264 e. The summed E-state index contributed by atoms with van der Waals surface area (Å²) in [4.78, 5) is 14.6. The zero-order valence-electron chi connectivity index (χ0n) is 19.2. The molecular weight excluding hydrogens is 430 g/mol. The molecule has 6 heteroatoms. The van der Waals surface area contributed by atoms with Gasteiger partial charge in [-0.3, -0.25) is 4.79 Å². The van der Waals surface area contributed by atoms with E-state index in [1.165, 1.54) is 30.2 Å². The summed E-state index contributed by atoms with van der Waals surface area (Å²) in [7, 11) is 1.90. The Balaban J connectivity index is 0.000000509. The Bertz CT molecular complexity index is 927. The lowest BCUT2D eigenvalue weighted by atomic mass is 9.76. The molecule has 0 bridgehead atoms. The molecule has 1 saturated carbocycles. The van der Waals surface area contributed by atoms with E-state index in [0.29, 0.717) is 17.3 Å². The van der Waals surface area contributed by atoms with E-state index in [1.807, 2.05) is 13.1 Å². The Labute approximate surface area is 195 Å². The first-order valence-electron chi connectivity index (χ1n) is 11.5. The van der Waals surface area contributed by atoms with Gasteiger partial charge in [-0.25, -0.2) is 8.78 Å². The largest absolute Gasteiger partial charge is 0.320 e. The molecular formula is C26H33ClF2N2O. The number of carbonyl (C=O) groups excluding carboxylic acids is 1. The van der Waals surface area contributed by atoms with Crippen molar-refractivity contribution in [2.24, 2.45) is 5.92 Å². The van der Waals surface area contributed by atoms with Crippen LogP contribution < -0.4 is 10.2 Å². The standard InChI is InChI=1S/C21H23ClF2N2O.C5H10/c1-3-21(10-5-11-25-2)13-26(18-9-8-14(22)12-15(18)21)20(27)19-16(23)6-4-7-17(19)24;1-5-3-2-4-5/h4,6-9,12,25H,3,5,10-11,13H2,1-2H3;5H,2-4H2,1H3. The molecule has 2 aromatic rings. The molecule has 0 saturated heterocycles. The van der Waals surface area contributed by atoms with Crippen molar-refractivity contribution in [3.05, 3.63) is 64.2 Å². The SMILES string of the molecule is CC1CCC1.CCC1(CCCNC)CN(C(=O)c2c(F)cccc2F)c2ccc(Cl)cc21. The van der Waals surface area contributed by atoms with Gasteiger partial charge in [-0.1, -0.05) is 50.8 Å². The van der Waals surface area contributed by atoms with E-state index in [0.717, 1.165) is 49.4 Å². The van der Waals surface area contributed by atoms with Crippen molar-refractivity contribution in [2.75, 3.05) is 25.0 Å². The average Bonchev–Trinajstić information content (AvgIpc) is 3.07. The highest BCUT2D eigenvalue weighted by Crippen LogP contribution is 2.47. The average molecular weight is 463 g/mol. The fraction of sp³-hybridized carbons (Fsp3) is 0.500. The van der Waals surface area contributed by atoms with Crippen molar-refractivity contribution in [1.29, 1.82) is 0 Å². The highest BCUT2D eigenvalue weighted by atomic mass is 35.5. The monoisotopic (exact) mass is 462 g/mol. The number of rotatable bonds is 6. The number of nitrogens with one attached hydrogen (secondary N) is 1. The molecule has 2 aliphatic rings. The molecule has 4 rings (SSSR count). The molecule has 1 amide bonds. The molecule has 0 spiro atoms.